The maximum absolute atomic E-state index is 4.35. The van der Waals surface area contributed by atoms with Crippen molar-refractivity contribution < 1.29 is 0 Å². The molecule has 0 bridgehead atoms. The summed E-state index contributed by atoms with van der Waals surface area (Å²) in [6, 6.07) is 8.73. The van der Waals surface area contributed by atoms with Crippen molar-refractivity contribution in [3.8, 4) is 19.5 Å². The molecule has 0 aliphatic heterocycles. The van der Waals surface area contributed by atoms with Gasteiger partial charge in [0, 0.05) is 19.5 Å². The van der Waals surface area contributed by atoms with Crippen LogP contribution in [0.15, 0.2) is 24.3 Å². The van der Waals surface area contributed by atoms with E-state index in [4.69, 9.17) is 0 Å². The van der Waals surface area contributed by atoms with Crippen LogP contribution in [0.5, 0.6) is 0 Å². The minimum absolute atomic E-state index is 1.06. The van der Waals surface area contributed by atoms with Crippen LogP contribution >= 0.6 is 45.5 Å². The van der Waals surface area contributed by atoms with Gasteiger partial charge in [0.1, 0.15) is 5.52 Å². The van der Waals surface area contributed by atoms with Gasteiger partial charge in [-0.1, -0.05) is 4.49 Å². The molecule has 6 heteroatoms. The molecule has 2 nitrogen and oxygen atoms in total. The van der Waals surface area contributed by atoms with Crippen molar-refractivity contribution in [3.63, 3.8) is 0 Å². The van der Waals surface area contributed by atoms with E-state index in [1.165, 1.54) is 45.5 Å². The van der Waals surface area contributed by atoms with Crippen LogP contribution in [0.1, 0.15) is 9.75 Å². The van der Waals surface area contributed by atoms with E-state index in [1.807, 2.05) is 34.0 Å². The molecule has 0 aliphatic carbocycles. The van der Waals surface area contributed by atoms with Crippen LogP contribution < -0.4 is 0 Å². The summed E-state index contributed by atoms with van der Waals surface area (Å²) in [5.41, 5.74) is 1.06. The summed E-state index contributed by atoms with van der Waals surface area (Å²) in [6.45, 7) is 4.29. The summed E-state index contributed by atoms with van der Waals surface area (Å²) in [5, 5.41) is 4.35. The van der Waals surface area contributed by atoms with Gasteiger partial charge in [-0.2, -0.15) is 0 Å². The van der Waals surface area contributed by atoms with Gasteiger partial charge in [0.05, 0.1) is 14.5 Å². The predicted molar refractivity (Wildman–Crippen MR) is 91.4 cm³/mol. The van der Waals surface area contributed by atoms with E-state index in [1.54, 1.807) is 0 Å². The first-order chi connectivity index (χ1) is 9.72. The normalized spacial score (nSPS) is 11.5. The average molecular weight is 335 g/mol. The monoisotopic (exact) mass is 334 g/mol. The number of aryl methyl sites for hydroxylation is 2. The van der Waals surface area contributed by atoms with Gasteiger partial charge in [0.25, 0.3) is 0 Å². The first kappa shape index (κ1) is 12.6. The summed E-state index contributed by atoms with van der Waals surface area (Å²) in [6.07, 6.45) is 0. The van der Waals surface area contributed by atoms with Gasteiger partial charge in [-0.25, -0.2) is 0 Å². The molecule has 0 aliphatic rings. The van der Waals surface area contributed by atoms with Crippen LogP contribution in [0.3, 0.4) is 0 Å². The SMILES string of the molecule is Cc1ccc(-c2sc(-c3ccc(C)s3)c3snnc23)s1. The van der Waals surface area contributed by atoms with Crippen molar-refractivity contribution in [3.05, 3.63) is 34.0 Å². The maximum Gasteiger partial charge on any atom is 0.126 e. The summed E-state index contributed by atoms with van der Waals surface area (Å²) < 4.78 is 5.38. The fourth-order valence-corrected chi connectivity index (χ4v) is 6.21. The Balaban J connectivity index is 1.97. The fraction of sp³-hybridized carbons (Fsp3) is 0.143. The third-order valence-corrected chi connectivity index (χ3v) is 7.45. The summed E-state index contributed by atoms with van der Waals surface area (Å²) in [7, 11) is 0. The Bertz CT molecular complexity index is 824. The summed E-state index contributed by atoms with van der Waals surface area (Å²) in [5.74, 6) is 0. The molecule has 0 saturated carbocycles. The first-order valence-electron chi connectivity index (χ1n) is 6.11. The third-order valence-electron chi connectivity index (χ3n) is 3.04. The molecule has 0 spiro atoms. The number of rotatable bonds is 2. The zero-order valence-corrected chi connectivity index (χ0v) is 14.1. The molecule has 0 radical (unpaired) electrons. The number of hydrogen-bond donors (Lipinski definition) is 0. The third kappa shape index (κ3) is 1.95. The van der Waals surface area contributed by atoms with Gasteiger partial charge in [-0.15, -0.1) is 39.1 Å². The molecule has 4 aromatic heterocycles. The van der Waals surface area contributed by atoms with Crippen LogP contribution in [0.2, 0.25) is 0 Å². The van der Waals surface area contributed by atoms with Crippen LogP contribution in [-0.2, 0) is 0 Å². The molecule has 4 aromatic rings. The minimum atomic E-state index is 1.06. The van der Waals surface area contributed by atoms with Gasteiger partial charge >= 0.3 is 0 Å². The Kier molecular flexibility index (Phi) is 2.99. The zero-order valence-electron chi connectivity index (χ0n) is 10.8. The Labute approximate surface area is 132 Å². The van der Waals surface area contributed by atoms with Crippen molar-refractivity contribution in [1.29, 1.82) is 0 Å². The van der Waals surface area contributed by atoms with E-state index in [-0.39, 0.29) is 0 Å². The molecule has 4 rings (SSSR count). The second-order valence-electron chi connectivity index (χ2n) is 4.53. The quantitative estimate of drug-likeness (QED) is 0.461. The zero-order chi connectivity index (χ0) is 13.7. The lowest BCUT2D eigenvalue weighted by molar-refractivity contribution is 1.20. The standard InChI is InChI=1S/C14H10N2S4/c1-7-3-5-9(17-7)12-11-14(20-16-15-11)13(19-12)10-6-4-8(2)18-10/h3-6H,1-2H3. The largest absolute Gasteiger partial charge is 0.140 e. The van der Waals surface area contributed by atoms with E-state index in [9.17, 15) is 0 Å². The minimum Gasteiger partial charge on any atom is -0.140 e. The van der Waals surface area contributed by atoms with Gasteiger partial charge in [-0.05, 0) is 49.6 Å². The van der Waals surface area contributed by atoms with Crippen molar-refractivity contribution >= 4 is 55.8 Å². The molecule has 0 N–H and O–H groups in total. The van der Waals surface area contributed by atoms with Crippen molar-refractivity contribution in [2.24, 2.45) is 0 Å². The number of thiophene rings is 3. The predicted octanol–water partition coefficient (Wildman–Crippen LogP) is 5.83. The maximum atomic E-state index is 4.35. The lowest BCUT2D eigenvalue weighted by atomic mass is 10.3. The Morgan fingerprint density at radius 1 is 0.800 bits per heavy atom. The number of fused-ring (bicyclic) bond motifs is 1. The van der Waals surface area contributed by atoms with Crippen LogP contribution in [0, 0.1) is 13.8 Å². The van der Waals surface area contributed by atoms with Gasteiger partial charge < -0.3 is 0 Å². The lowest BCUT2D eigenvalue weighted by Crippen LogP contribution is -1.67. The smallest absolute Gasteiger partial charge is 0.126 e. The molecular weight excluding hydrogens is 324 g/mol. The van der Waals surface area contributed by atoms with Crippen molar-refractivity contribution in [2.75, 3.05) is 0 Å². The van der Waals surface area contributed by atoms with Crippen LogP contribution in [0.4, 0.5) is 0 Å². The second-order valence-corrected chi connectivity index (χ2v) is 8.88. The van der Waals surface area contributed by atoms with E-state index >= 15 is 0 Å². The molecule has 0 atom stereocenters. The molecule has 20 heavy (non-hydrogen) atoms. The van der Waals surface area contributed by atoms with Crippen LogP contribution in [0.25, 0.3) is 29.7 Å². The van der Waals surface area contributed by atoms with Crippen LogP contribution in [-0.4, -0.2) is 9.59 Å². The number of nitrogens with zero attached hydrogens (tertiary/aromatic N) is 2. The Hall–Kier alpha value is -1.08. The van der Waals surface area contributed by atoms with Gasteiger partial charge in [0.15, 0.2) is 0 Å². The highest BCUT2D eigenvalue weighted by Gasteiger charge is 2.19. The Morgan fingerprint density at radius 2 is 1.45 bits per heavy atom. The second kappa shape index (κ2) is 4.73. The van der Waals surface area contributed by atoms with Crippen molar-refractivity contribution in [2.45, 2.75) is 13.8 Å². The number of aromatic nitrogens is 2. The molecule has 0 fully saturated rings. The lowest BCUT2D eigenvalue weighted by Gasteiger charge is -1.91. The molecule has 100 valence electrons. The Morgan fingerprint density at radius 3 is 2.05 bits per heavy atom. The molecule has 0 unspecified atom stereocenters. The van der Waals surface area contributed by atoms with E-state index < -0.39 is 0 Å². The fourth-order valence-electron chi connectivity index (χ4n) is 2.13. The van der Waals surface area contributed by atoms with E-state index in [0.717, 1.165) is 5.52 Å². The first-order valence-corrected chi connectivity index (χ1v) is 9.33. The topological polar surface area (TPSA) is 25.8 Å². The molecule has 0 saturated heterocycles. The number of hydrogen-bond acceptors (Lipinski definition) is 6. The van der Waals surface area contributed by atoms with Crippen molar-refractivity contribution in [1.82, 2.24) is 9.59 Å². The molecule has 0 amide bonds. The molecule has 4 heterocycles. The average Bonchev–Trinajstić information content (AvgIpc) is 3.12. The highest BCUT2D eigenvalue weighted by molar-refractivity contribution is 7.31. The molecular formula is C14H10N2S4. The van der Waals surface area contributed by atoms with E-state index in [2.05, 4.69) is 47.7 Å². The molecule has 0 aromatic carbocycles. The summed E-state index contributed by atoms with van der Waals surface area (Å²) in [4.78, 5) is 7.86. The highest BCUT2D eigenvalue weighted by atomic mass is 32.1. The summed E-state index contributed by atoms with van der Waals surface area (Å²) >= 11 is 7.00. The highest BCUT2D eigenvalue weighted by Crippen LogP contribution is 2.47. The van der Waals surface area contributed by atoms with E-state index in [0.29, 0.717) is 0 Å². The van der Waals surface area contributed by atoms with Gasteiger partial charge in [0.2, 0.25) is 0 Å². The van der Waals surface area contributed by atoms with Gasteiger partial charge in [-0.3, -0.25) is 0 Å².